The Bertz CT molecular complexity index is 2430. The molecule has 0 bridgehead atoms. The molecule has 1 fully saturated rings. The smallest absolute Gasteiger partial charge is 0.327 e. The Morgan fingerprint density at radius 2 is 1.19 bits per heavy atom. The lowest BCUT2D eigenvalue weighted by molar-refractivity contribution is -0.144. The Kier molecular flexibility index (Phi) is 25.9. The summed E-state index contributed by atoms with van der Waals surface area (Å²) in [5.74, 6) is -12.1. The predicted octanol–water partition coefficient (Wildman–Crippen LogP) is -3.64. The van der Waals surface area contributed by atoms with Crippen molar-refractivity contribution in [3.05, 3.63) is 65.7 Å². The minimum atomic E-state index is -1.83. The van der Waals surface area contributed by atoms with Gasteiger partial charge in [-0.3, -0.25) is 47.9 Å². The van der Waals surface area contributed by atoms with Crippen molar-refractivity contribution in [1.82, 2.24) is 47.4 Å². The van der Waals surface area contributed by atoms with E-state index in [1.54, 1.807) is 58.0 Å². The Labute approximate surface area is 457 Å². The molecule has 0 unspecified atom stereocenters. The summed E-state index contributed by atoms with van der Waals surface area (Å²) in [5.41, 5.74) is 12.7. The molecule has 1 aliphatic rings. The topological polar surface area (TPSA) is 420 Å². The van der Waals surface area contributed by atoms with E-state index in [1.807, 2.05) is 0 Å². The third-order valence-electron chi connectivity index (χ3n) is 12.9. The van der Waals surface area contributed by atoms with E-state index in [0.29, 0.717) is 18.4 Å². The number of thiol groups is 1. The van der Waals surface area contributed by atoms with Gasteiger partial charge < -0.3 is 79.3 Å². The fourth-order valence-electron chi connectivity index (χ4n) is 8.22. The van der Waals surface area contributed by atoms with E-state index in [1.165, 1.54) is 29.2 Å². The van der Waals surface area contributed by atoms with Crippen LogP contribution in [0.25, 0.3) is 0 Å². The Morgan fingerprint density at radius 3 is 1.74 bits per heavy atom. The van der Waals surface area contributed by atoms with Crippen LogP contribution in [0.15, 0.2) is 54.6 Å². The SMILES string of the molecule is CC[C@H](C)[C@H](NC(=O)[C@H](CC(N)=O)NC(=O)[C@@H](N)Cc1ccccc1)C(=O)N[C@H](C(=O)NCC(=O)N[C@H](C(=O)N[C@H](C(=O)N[C@@H](Cc1ccc(O)cc1)C(=O)N1CCC[C@H]1C(=O)N[C@@H](CS)C(=O)O)[C@@H](C)O)[C@@H](C)O)C(C)C. The Balaban J connectivity index is 1.72. The average Bonchev–Trinajstić information content (AvgIpc) is 3.88. The summed E-state index contributed by atoms with van der Waals surface area (Å²) in [4.78, 5) is 147. The molecule has 1 heterocycles. The summed E-state index contributed by atoms with van der Waals surface area (Å²) < 4.78 is 0. The van der Waals surface area contributed by atoms with Crippen LogP contribution in [-0.4, -0.2) is 176 Å². The quantitative estimate of drug-likeness (QED) is 0.0336. The second-order valence-electron chi connectivity index (χ2n) is 19.6. The summed E-state index contributed by atoms with van der Waals surface area (Å²) in [5, 5.41) is 60.1. The van der Waals surface area contributed by atoms with Gasteiger partial charge in [0.15, 0.2) is 0 Å². The van der Waals surface area contributed by atoms with Crippen molar-refractivity contribution in [3.8, 4) is 5.75 Å². The van der Waals surface area contributed by atoms with Crippen molar-refractivity contribution in [1.29, 1.82) is 0 Å². The fraction of sp³-hybridized carbons (Fsp3) is 0.549. The lowest BCUT2D eigenvalue weighted by Gasteiger charge is -2.31. The molecule has 1 saturated heterocycles. The molecule has 0 aromatic heterocycles. The first-order valence-electron chi connectivity index (χ1n) is 25.4. The number of carbonyl (C=O) groups excluding carboxylic acids is 10. The molecule has 27 heteroatoms. The van der Waals surface area contributed by atoms with E-state index in [9.17, 15) is 73.2 Å². The number of phenols is 1. The minimum absolute atomic E-state index is 0.0483. The second kappa shape index (κ2) is 31.1. The van der Waals surface area contributed by atoms with Gasteiger partial charge in [0.2, 0.25) is 59.1 Å². The lowest BCUT2D eigenvalue weighted by atomic mass is 9.96. The maximum atomic E-state index is 14.2. The van der Waals surface area contributed by atoms with Crippen LogP contribution in [-0.2, 0) is 65.6 Å². The molecule has 78 heavy (non-hydrogen) atoms. The van der Waals surface area contributed by atoms with E-state index in [0.717, 1.165) is 19.4 Å². The van der Waals surface area contributed by atoms with E-state index < -0.39 is 156 Å². The van der Waals surface area contributed by atoms with Gasteiger partial charge in [-0.2, -0.15) is 12.6 Å². The number of aromatic hydroxyl groups is 1. The summed E-state index contributed by atoms with van der Waals surface area (Å²) in [7, 11) is 0. The van der Waals surface area contributed by atoms with E-state index in [-0.39, 0.29) is 37.3 Å². The van der Waals surface area contributed by atoms with E-state index >= 15 is 0 Å². The monoisotopic (exact) mass is 1110 g/mol. The van der Waals surface area contributed by atoms with Crippen LogP contribution in [0.4, 0.5) is 0 Å². The van der Waals surface area contributed by atoms with Gasteiger partial charge in [0.25, 0.3) is 0 Å². The van der Waals surface area contributed by atoms with Crippen molar-refractivity contribution in [2.75, 3.05) is 18.8 Å². The molecule has 0 saturated carbocycles. The van der Waals surface area contributed by atoms with Crippen LogP contribution >= 0.6 is 12.6 Å². The zero-order chi connectivity index (χ0) is 58.6. The number of hydrogen-bond acceptors (Lipinski definition) is 16. The van der Waals surface area contributed by atoms with Gasteiger partial charge in [0, 0.05) is 18.7 Å². The number of carboxylic acids is 1. The molecule has 430 valence electrons. The number of amides is 10. The summed E-state index contributed by atoms with van der Waals surface area (Å²) >= 11 is 3.97. The zero-order valence-electron chi connectivity index (χ0n) is 44.4. The zero-order valence-corrected chi connectivity index (χ0v) is 45.3. The number of primary amides is 1. The van der Waals surface area contributed by atoms with Gasteiger partial charge in [0.05, 0.1) is 31.2 Å². The molecular weight excluding hydrogens is 1040 g/mol. The molecule has 26 nitrogen and oxygen atoms in total. The fourth-order valence-corrected chi connectivity index (χ4v) is 8.47. The van der Waals surface area contributed by atoms with Gasteiger partial charge in [-0.15, -0.1) is 0 Å². The number of carboxylic acid groups (broad SMARTS) is 1. The summed E-state index contributed by atoms with van der Waals surface area (Å²) in [6, 6.07) is 1.56. The van der Waals surface area contributed by atoms with Gasteiger partial charge in [-0.1, -0.05) is 76.6 Å². The Hall–Kier alpha value is -7.36. The minimum Gasteiger partial charge on any atom is -0.508 e. The molecule has 0 spiro atoms. The number of rotatable bonds is 30. The van der Waals surface area contributed by atoms with Crippen LogP contribution in [0.3, 0.4) is 0 Å². The number of nitrogens with one attached hydrogen (secondary N) is 8. The Morgan fingerprint density at radius 1 is 0.654 bits per heavy atom. The second-order valence-corrected chi connectivity index (χ2v) is 19.9. The molecule has 1 aliphatic heterocycles. The van der Waals surface area contributed by atoms with Crippen LogP contribution in [0, 0.1) is 11.8 Å². The van der Waals surface area contributed by atoms with Crippen molar-refractivity contribution in [3.63, 3.8) is 0 Å². The van der Waals surface area contributed by atoms with Crippen molar-refractivity contribution in [2.45, 2.75) is 147 Å². The molecule has 2 aromatic carbocycles. The first kappa shape index (κ1) is 64.9. The highest BCUT2D eigenvalue weighted by Gasteiger charge is 2.41. The largest absolute Gasteiger partial charge is 0.508 e. The number of phenolic OH excluding ortho intramolecular Hbond substituents is 1. The molecule has 10 amide bonds. The first-order chi connectivity index (χ1) is 36.7. The molecule has 0 radical (unpaired) electrons. The summed E-state index contributed by atoms with van der Waals surface area (Å²) in [6.07, 6.45) is -3.21. The van der Waals surface area contributed by atoms with Crippen molar-refractivity contribution < 1.29 is 73.2 Å². The number of carbonyl (C=O) groups is 11. The molecule has 16 N–H and O–H groups in total. The maximum Gasteiger partial charge on any atom is 0.327 e. The first-order valence-corrected chi connectivity index (χ1v) is 26.1. The average molecular weight is 1110 g/mol. The van der Waals surface area contributed by atoms with Gasteiger partial charge >= 0.3 is 5.97 Å². The molecule has 3 rings (SSSR count). The van der Waals surface area contributed by atoms with Crippen LogP contribution < -0.4 is 54.0 Å². The van der Waals surface area contributed by atoms with Crippen molar-refractivity contribution >= 4 is 77.7 Å². The third-order valence-corrected chi connectivity index (χ3v) is 13.3. The maximum absolute atomic E-state index is 14.2. The lowest BCUT2D eigenvalue weighted by Crippen LogP contribution is -2.62. The number of hydrogen-bond donors (Lipinski definition) is 15. The van der Waals surface area contributed by atoms with E-state index in [2.05, 4.69) is 55.2 Å². The molecular formula is C51H75N11O15S. The number of benzene rings is 2. The van der Waals surface area contributed by atoms with Gasteiger partial charge in [-0.05, 0) is 68.2 Å². The highest BCUT2D eigenvalue weighted by Crippen LogP contribution is 2.21. The van der Waals surface area contributed by atoms with Crippen LogP contribution in [0.1, 0.15) is 78.4 Å². The summed E-state index contributed by atoms with van der Waals surface area (Å²) in [6.45, 7) is 8.04. The van der Waals surface area contributed by atoms with Crippen LogP contribution in [0.2, 0.25) is 0 Å². The number of aliphatic hydroxyl groups is 2. The normalized spacial score (nSPS) is 17.4. The number of nitrogens with zero attached hydrogens (tertiary/aromatic N) is 1. The molecule has 0 aliphatic carbocycles. The molecule has 2 aromatic rings. The van der Waals surface area contributed by atoms with Crippen LogP contribution in [0.5, 0.6) is 5.75 Å². The number of likely N-dealkylation sites (tertiary alicyclic amines) is 1. The number of aliphatic carboxylic acids is 1. The van der Waals surface area contributed by atoms with E-state index in [4.69, 9.17) is 11.5 Å². The highest BCUT2D eigenvalue weighted by molar-refractivity contribution is 7.80. The standard InChI is InChI=1S/C51H75N11O15S/c1-7-26(4)40(60-44(69)33(22-37(53)66)55-43(68)32(52)20-29-12-9-8-10-13-29)47(72)59-39(25(2)3)46(71)54-23-38(67)58-41(27(5)63)49(74)61-42(28(6)64)48(73)56-34(21-30-15-17-31(65)18-16-30)50(75)62-19-11-14-36(62)45(70)57-35(24-78)51(76)77/h8-10,12-13,15-18,25-28,32-36,39-42,63-65,78H,7,11,14,19-24,52H2,1-6H3,(H2,53,66)(H,54,71)(H,55,68)(H,56,73)(H,57,70)(H,58,67)(H,59,72)(H,60,69)(H,61,74)(H,76,77)/t26-,27+,28+,32-,33-,34-,35-,36-,39-,40-,41-,42-/m0/s1. The van der Waals surface area contributed by atoms with Gasteiger partial charge in [-0.25, -0.2) is 4.79 Å². The third kappa shape index (κ3) is 19.9. The molecule has 12 atom stereocenters. The highest BCUT2D eigenvalue weighted by atomic mass is 32.1. The number of aliphatic hydroxyl groups excluding tert-OH is 2. The van der Waals surface area contributed by atoms with Crippen molar-refractivity contribution in [2.24, 2.45) is 23.3 Å². The number of nitrogens with two attached hydrogens (primary N) is 2. The predicted molar refractivity (Wildman–Crippen MR) is 284 cm³/mol. The van der Waals surface area contributed by atoms with Gasteiger partial charge in [0.1, 0.15) is 54.1 Å².